The van der Waals surface area contributed by atoms with Crippen LogP contribution in [-0.2, 0) is 16.1 Å². The van der Waals surface area contributed by atoms with Crippen LogP contribution in [0.1, 0.15) is 5.56 Å². The highest BCUT2D eigenvalue weighted by molar-refractivity contribution is 5.81. The first-order chi connectivity index (χ1) is 12.9. The molecule has 0 atom stereocenters. The summed E-state index contributed by atoms with van der Waals surface area (Å²) in [5.74, 6) is -24.5. The van der Waals surface area contributed by atoms with E-state index in [9.17, 15) is 53.1 Å². The average molecular weight is 446 g/mol. The van der Waals surface area contributed by atoms with Gasteiger partial charge < -0.3 is 9.47 Å². The number of hydrogen-bond acceptors (Lipinski definition) is 3. The molecule has 0 aromatic heterocycles. The Morgan fingerprint density at radius 3 is 1.72 bits per heavy atom. The van der Waals surface area contributed by atoms with Gasteiger partial charge in [0.1, 0.15) is 12.4 Å². The van der Waals surface area contributed by atoms with Crippen LogP contribution in [-0.4, -0.2) is 36.0 Å². The van der Waals surface area contributed by atoms with Gasteiger partial charge in [-0.15, -0.1) is 0 Å². The Bertz CT molecular complexity index is 739. The van der Waals surface area contributed by atoms with Crippen LogP contribution in [0.4, 0.5) is 48.3 Å². The minimum absolute atomic E-state index is 0.0663. The van der Waals surface area contributed by atoms with E-state index in [1.165, 1.54) is 0 Å². The predicted molar refractivity (Wildman–Crippen MR) is 72.9 cm³/mol. The molecule has 0 spiro atoms. The summed E-state index contributed by atoms with van der Waals surface area (Å²) in [5, 5.41) is 0. The van der Waals surface area contributed by atoms with Crippen LogP contribution in [0.3, 0.4) is 0 Å². The van der Waals surface area contributed by atoms with Crippen molar-refractivity contribution in [3.05, 3.63) is 42.5 Å². The molecular formula is C15H9F11O3. The summed E-state index contributed by atoms with van der Waals surface area (Å²) in [6, 6.07) is 2.62. The molecule has 0 N–H and O–H groups in total. The van der Waals surface area contributed by atoms with Crippen molar-refractivity contribution in [3.8, 4) is 5.75 Å². The van der Waals surface area contributed by atoms with Crippen LogP contribution < -0.4 is 4.74 Å². The maximum Gasteiger partial charge on any atom is 0.471 e. The smallest absolute Gasteiger partial charge is 0.458 e. The van der Waals surface area contributed by atoms with Crippen molar-refractivity contribution >= 4 is 5.97 Å². The third-order valence-electron chi connectivity index (χ3n) is 3.23. The van der Waals surface area contributed by atoms with E-state index in [4.69, 9.17) is 0 Å². The lowest BCUT2D eigenvalue weighted by Crippen LogP contribution is -2.67. The third kappa shape index (κ3) is 4.56. The van der Waals surface area contributed by atoms with Gasteiger partial charge >= 0.3 is 36.0 Å². The second kappa shape index (κ2) is 7.71. The van der Waals surface area contributed by atoms with E-state index in [1.54, 1.807) is 0 Å². The molecule has 0 aliphatic rings. The molecule has 29 heavy (non-hydrogen) atoms. The van der Waals surface area contributed by atoms with Crippen molar-refractivity contribution in [3.63, 3.8) is 0 Å². The normalized spacial score (nSPS) is 13.8. The number of alkyl halides is 11. The summed E-state index contributed by atoms with van der Waals surface area (Å²) in [4.78, 5) is 10.8. The molecule has 0 aliphatic carbocycles. The highest BCUT2D eigenvalue weighted by atomic mass is 19.4. The van der Waals surface area contributed by atoms with E-state index in [0.717, 1.165) is 18.2 Å². The Morgan fingerprint density at radius 2 is 1.31 bits per heavy atom. The molecule has 0 unspecified atom stereocenters. The minimum Gasteiger partial charge on any atom is -0.458 e. The molecular weight excluding hydrogens is 437 g/mol. The molecule has 0 aliphatic heterocycles. The molecule has 0 heterocycles. The van der Waals surface area contributed by atoms with Gasteiger partial charge in [-0.2, -0.15) is 48.3 Å². The van der Waals surface area contributed by atoms with E-state index in [2.05, 4.69) is 16.1 Å². The van der Waals surface area contributed by atoms with Gasteiger partial charge in [-0.1, -0.05) is 18.7 Å². The van der Waals surface area contributed by atoms with Crippen LogP contribution >= 0.6 is 0 Å². The highest BCUT2D eigenvalue weighted by Crippen LogP contribution is 2.57. The van der Waals surface area contributed by atoms with Gasteiger partial charge in [-0.3, -0.25) is 0 Å². The minimum atomic E-state index is -7.55. The topological polar surface area (TPSA) is 35.5 Å². The van der Waals surface area contributed by atoms with Crippen LogP contribution in [0.2, 0.25) is 0 Å². The molecule has 1 aromatic carbocycles. The van der Waals surface area contributed by atoms with Crippen LogP contribution in [0.15, 0.2) is 36.9 Å². The molecule has 14 heteroatoms. The Hall–Kier alpha value is -2.54. The van der Waals surface area contributed by atoms with E-state index < -0.39 is 48.4 Å². The fraction of sp³-hybridized carbons (Fsp3) is 0.400. The van der Waals surface area contributed by atoms with Crippen molar-refractivity contribution in [1.29, 1.82) is 0 Å². The zero-order chi connectivity index (χ0) is 22.9. The number of rotatable bonds is 8. The standard InChI is InChI=1S/C15H9F11O3/c1-2-10(27)28-7-8-3-5-9(6-4-8)29-15(25,26)13(20,21)11(16,17)12(18,19)14(22,23)24/h2-6H,1,7H2. The number of ether oxygens (including phenoxy) is 2. The fourth-order valence-electron chi connectivity index (χ4n) is 1.64. The molecule has 0 radical (unpaired) electrons. The van der Waals surface area contributed by atoms with Crippen molar-refractivity contribution in [2.24, 2.45) is 0 Å². The van der Waals surface area contributed by atoms with Gasteiger partial charge in [0.25, 0.3) is 0 Å². The summed E-state index contributed by atoms with van der Waals surface area (Å²) in [6.45, 7) is 2.62. The van der Waals surface area contributed by atoms with Crippen LogP contribution in [0.25, 0.3) is 0 Å². The van der Waals surface area contributed by atoms with Crippen LogP contribution in [0, 0.1) is 0 Å². The Morgan fingerprint density at radius 1 is 0.828 bits per heavy atom. The largest absolute Gasteiger partial charge is 0.471 e. The average Bonchev–Trinajstić information content (AvgIpc) is 2.59. The molecule has 0 bridgehead atoms. The first-order valence-corrected chi connectivity index (χ1v) is 7.06. The van der Waals surface area contributed by atoms with E-state index in [-0.39, 0.29) is 5.56 Å². The lowest BCUT2D eigenvalue weighted by Gasteiger charge is -2.36. The Labute approximate surface area is 154 Å². The van der Waals surface area contributed by atoms with Gasteiger partial charge in [-0.05, 0) is 17.7 Å². The molecule has 0 saturated heterocycles. The van der Waals surface area contributed by atoms with E-state index in [0.29, 0.717) is 12.1 Å². The molecule has 0 amide bonds. The van der Waals surface area contributed by atoms with E-state index >= 15 is 0 Å². The van der Waals surface area contributed by atoms with Gasteiger partial charge in [0.15, 0.2) is 0 Å². The summed E-state index contributed by atoms with van der Waals surface area (Å²) >= 11 is 0. The van der Waals surface area contributed by atoms with Crippen molar-refractivity contribution in [1.82, 2.24) is 0 Å². The highest BCUT2D eigenvalue weighted by Gasteiger charge is 2.88. The number of carbonyl (C=O) groups excluding carboxylic acids is 1. The molecule has 1 rings (SSSR count). The molecule has 0 saturated carbocycles. The lowest BCUT2D eigenvalue weighted by molar-refractivity contribution is -0.445. The summed E-state index contributed by atoms with van der Waals surface area (Å²) in [7, 11) is 0. The van der Waals surface area contributed by atoms with Gasteiger partial charge in [-0.25, -0.2) is 4.79 Å². The van der Waals surface area contributed by atoms with Gasteiger partial charge in [0.05, 0.1) is 0 Å². The van der Waals surface area contributed by atoms with Crippen molar-refractivity contribution in [2.45, 2.75) is 36.7 Å². The van der Waals surface area contributed by atoms with Gasteiger partial charge in [0, 0.05) is 6.08 Å². The zero-order valence-corrected chi connectivity index (χ0v) is 13.7. The monoisotopic (exact) mass is 446 g/mol. The number of esters is 1. The molecule has 3 nitrogen and oxygen atoms in total. The van der Waals surface area contributed by atoms with Crippen LogP contribution in [0.5, 0.6) is 5.75 Å². The third-order valence-corrected chi connectivity index (χ3v) is 3.23. The number of carbonyl (C=O) groups is 1. The lowest BCUT2D eigenvalue weighted by atomic mass is 10.0. The first-order valence-electron chi connectivity index (χ1n) is 7.06. The number of benzene rings is 1. The Balaban J connectivity index is 3.08. The summed E-state index contributed by atoms with van der Waals surface area (Å²) in [5.41, 5.74) is 0.0663. The maximum absolute atomic E-state index is 13.5. The number of hydrogen-bond donors (Lipinski definition) is 0. The molecule has 164 valence electrons. The maximum atomic E-state index is 13.5. The fourth-order valence-corrected chi connectivity index (χ4v) is 1.64. The quantitative estimate of drug-likeness (QED) is 0.307. The van der Waals surface area contributed by atoms with Crippen molar-refractivity contribution < 1.29 is 62.6 Å². The molecule has 1 aromatic rings. The zero-order valence-electron chi connectivity index (χ0n) is 13.7. The summed E-state index contributed by atoms with van der Waals surface area (Å²) in [6.07, 6.45) is -12.9. The van der Waals surface area contributed by atoms with Gasteiger partial charge in [0.2, 0.25) is 0 Å². The predicted octanol–water partition coefficient (Wildman–Crippen LogP) is 5.36. The second-order valence-electron chi connectivity index (χ2n) is 5.30. The molecule has 0 fully saturated rings. The number of halogens is 11. The SMILES string of the molecule is C=CC(=O)OCc1ccc(OC(F)(F)C(F)(F)C(F)(F)C(F)(F)C(F)(F)F)cc1. The summed E-state index contributed by atoms with van der Waals surface area (Å²) < 4.78 is 149. The second-order valence-corrected chi connectivity index (χ2v) is 5.30. The van der Waals surface area contributed by atoms with E-state index in [1.807, 2.05) is 0 Å². The van der Waals surface area contributed by atoms with Crippen molar-refractivity contribution in [2.75, 3.05) is 0 Å². The Kier molecular flexibility index (Phi) is 6.51. The first kappa shape index (κ1) is 24.5.